The van der Waals surface area contributed by atoms with Crippen LogP contribution in [0.25, 0.3) is 22.9 Å². The van der Waals surface area contributed by atoms with Gasteiger partial charge in [-0.25, -0.2) is 18.6 Å². The first-order valence-electron chi connectivity index (χ1n) is 7.82. The highest BCUT2D eigenvalue weighted by atomic mass is 35.7. The molecule has 0 N–H and O–H groups in total. The summed E-state index contributed by atoms with van der Waals surface area (Å²) in [5, 5.41) is 8.72. The van der Waals surface area contributed by atoms with Gasteiger partial charge in [-0.2, -0.15) is 4.68 Å². The van der Waals surface area contributed by atoms with Gasteiger partial charge >= 0.3 is 5.78 Å². The van der Waals surface area contributed by atoms with Crippen LogP contribution >= 0.6 is 0 Å². The van der Waals surface area contributed by atoms with Crippen molar-refractivity contribution in [3.63, 3.8) is 0 Å². The van der Waals surface area contributed by atoms with Crippen molar-refractivity contribution in [3.05, 3.63) is 66.5 Å². The van der Waals surface area contributed by atoms with E-state index < -0.39 is 10.2 Å². The Bertz CT molecular complexity index is 1040. The lowest BCUT2D eigenvalue weighted by Crippen LogP contribution is -2.68. The maximum Gasteiger partial charge on any atom is 0.359 e. The highest BCUT2D eigenvalue weighted by molar-refractivity contribution is 5.58. The number of fused-ring (bicyclic) bond motifs is 1. The van der Waals surface area contributed by atoms with Crippen LogP contribution in [0, 0.1) is 17.2 Å². The van der Waals surface area contributed by atoms with E-state index >= 15 is 0 Å². The van der Waals surface area contributed by atoms with E-state index in [-0.39, 0.29) is 0 Å². The van der Waals surface area contributed by atoms with Crippen molar-refractivity contribution in [3.8, 4) is 17.1 Å². The van der Waals surface area contributed by atoms with E-state index in [1.165, 1.54) is 0 Å². The van der Waals surface area contributed by atoms with Crippen LogP contribution < -0.4 is 23.3 Å². The van der Waals surface area contributed by atoms with Crippen molar-refractivity contribution in [2.24, 2.45) is 7.05 Å². The normalized spacial score (nSPS) is 11.3. The summed E-state index contributed by atoms with van der Waals surface area (Å²) in [7, 11) is -2.95. The van der Waals surface area contributed by atoms with Gasteiger partial charge in [0.25, 0.3) is 11.6 Å². The summed E-state index contributed by atoms with van der Waals surface area (Å²) >= 11 is 0. The molecule has 0 bridgehead atoms. The van der Waals surface area contributed by atoms with Gasteiger partial charge in [0.05, 0.1) is 7.05 Å². The predicted octanol–water partition coefficient (Wildman–Crippen LogP) is -2.44. The molecule has 0 fully saturated rings. The molecule has 4 rings (SSSR count). The van der Waals surface area contributed by atoms with Crippen LogP contribution in [0.2, 0.25) is 0 Å². The fourth-order valence-corrected chi connectivity index (χ4v) is 2.89. The summed E-state index contributed by atoms with van der Waals surface area (Å²) in [5.74, 6) is 2.74. The van der Waals surface area contributed by atoms with Crippen molar-refractivity contribution in [2.45, 2.75) is 6.92 Å². The molecule has 0 aliphatic heterocycles. The van der Waals surface area contributed by atoms with Crippen molar-refractivity contribution in [2.75, 3.05) is 0 Å². The Morgan fingerprint density at radius 1 is 0.852 bits per heavy atom. The molecular weight excluding hydrogens is 374 g/mol. The molecule has 140 valence electrons. The van der Waals surface area contributed by atoms with Crippen molar-refractivity contribution in [1.82, 2.24) is 19.3 Å². The molecule has 10 heteroatoms. The second-order valence-electron chi connectivity index (χ2n) is 5.62. The van der Waals surface area contributed by atoms with Gasteiger partial charge in [-0.05, 0) is 24.3 Å². The second-order valence-corrected chi connectivity index (χ2v) is 6.38. The van der Waals surface area contributed by atoms with Crippen molar-refractivity contribution < 1.29 is 33.6 Å². The highest BCUT2D eigenvalue weighted by Crippen LogP contribution is 2.19. The number of halogens is 1. The number of rotatable bonds is 2. The summed E-state index contributed by atoms with van der Waals surface area (Å²) in [4.78, 5) is 0. The van der Waals surface area contributed by atoms with E-state index in [1.54, 1.807) is 0 Å². The van der Waals surface area contributed by atoms with E-state index in [4.69, 9.17) is 18.6 Å². The van der Waals surface area contributed by atoms with E-state index in [0.717, 1.165) is 28.7 Å². The first-order valence-corrected chi connectivity index (χ1v) is 9.06. The summed E-state index contributed by atoms with van der Waals surface area (Å²) < 4.78 is 40.2. The van der Waals surface area contributed by atoms with Gasteiger partial charge in [0.1, 0.15) is 0 Å². The van der Waals surface area contributed by atoms with Crippen molar-refractivity contribution in [1.29, 1.82) is 0 Å². The maximum absolute atomic E-state index is 8.49. The van der Waals surface area contributed by atoms with Crippen LogP contribution in [-0.2, 0) is 7.05 Å². The quantitative estimate of drug-likeness (QED) is 0.350. The van der Waals surface area contributed by atoms with E-state index in [0.29, 0.717) is 0 Å². The number of hydrogen-bond acceptors (Lipinski definition) is 6. The fourth-order valence-electron chi connectivity index (χ4n) is 2.89. The smallest absolute Gasteiger partial charge is 0.222 e. The first kappa shape index (κ1) is 19.0. The highest BCUT2D eigenvalue weighted by Gasteiger charge is 2.27. The molecule has 0 saturated heterocycles. The number of para-hydroxylation sites is 1. The van der Waals surface area contributed by atoms with Crippen molar-refractivity contribution >= 4 is 5.78 Å². The zero-order chi connectivity index (χ0) is 19.6. The van der Waals surface area contributed by atoms with Crippen LogP contribution in [0.1, 0.15) is 5.82 Å². The number of benzene rings is 2. The third-order valence-corrected chi connectivity index (χ3v) is 3.90. The second kappa shape index (κ2) is 7.43. The first-order chi connectivity index (χ1) is 12.8. The maximum atomic E-state index is 8.49. The van der Waals surface area contributed by atoms with E-state index in [2.05, 4.69) is 50.5 Å². The number of aryl methyl sites for hydroxylation is 2. The lowest BCUT2D eigenvalue weighted by molar-refractivity contribution is -2.00. The monoisotopic (exact) mass is 389 g/mol. The lowest BCUT2D eigenvalue weighted by atomic mass is 10.2. The molecule has 0 aliphatic rings. The average Bonchev–Trinajstić information content (AvgIpc) is 3.16. The Morgan fingerprint density at radius 2 is 1.37 bits per heavy atom. The summed E-state index contributed by atoms with van der Waals surface area (Å²) in [6, 6.07) is 20.4. The van der Waals surface area contributed by atoms with Crippen LogP contribution in [0.4, 0.5) is 0 Å². The molecule has 0 aliphatic carbocycles. The predicted molar refractivity (Wildman–Crippen MR) is 83.7 cm³/mol. The molecule has 2 aromatic carbocycles. The van der Waals surface area contributed by atoms with Crippen LogP contribution in [-0.4, -0.2) is 19.3 Å². The summed E-state index contributed by atoms with van der Waals surface area (Å²) in [6.45, 7) is 2.08. The lowest BCUT2D eigenvalue weighted by Gasteiger charge is -2.17. The van der Waals surface area contributed by atoms with Crippen LogP contribution in [0.15, 0.2) is 60.7 Å². The van der Waals surface area contributed by atoms with Crippen LogP contribution in [0.5, 0.6) is 0 Å². The Hall–Kier alpha value is -2.82. The molecule has 9 nitrogen and oxygen atoms in total. The molecule has 0 spiro atoms. The SMILES string of the molecule is Cc1n2c(-c3ccccc3)nnc2n(C)[n+]1-c1ccccc1.[O-][Cl+3]([O-])([O-])[O-]. The Labute approximate surface area is 156 Å². The third kappa shape index (κ3) is 4.13. The van der Waals surface area contributed by atoms with E-state index in [9.17, 15) is 0 Å². The van der Waals surface area contributed by atoms with Gasteiger partial charge in [0, 0.05) is 12.5 Å². The molecule has 27 heavy (non-hydrogen) atoms. The molecule has 2 heterocycles. The zero-order valence-corrected chi connectivity index (χ0v) is 15.3. The standard InChI is InChI=1S/C17H16N5.ClHO4/c1-13-21-16(14-9-5-3-6-10-14)18-19-17(21)20(2)22(13)15-11-7-4-8-12-15;2-1(3,4)5/h3-12H,1-2H3;(H,2,3,4,5)/q+1;/p-1. The topological polar surface area (TPSA) is 131 Å². The van der Waals surface area contributed by atoms with Crippen LogP contribution in [0.3, 0.4) is 0 Å². The molecule has 4 aromatic rings. The zero-order valence-electron chi connectivity index (χ0n) is 14.5. The van der Waals surface area contributed by atoms with Gasteiger partial charge in [0.15, 0.2) is 5.69 Å². The van der Waals surface area contributed by atoms with E-state index in [1.807, 2.05) is 48.1 Å². The molecule has 0 unspecified atom stereocenters. The summed E-state index contributed by atoms with van der Waals surface area (Å²) in [5.41, 5.74) is 2.16. The molecule has 0 radical (unpaired) electrons. The molecular formula is C17H16ClN5O4. The molecule has 2 aromatic heterocycles. The average molecular weight is 390 g/mol. The third-order valence-electron chi connectivity index (χ3n) is 3.90. The van der Waals surface area contributed by atoms with Gasteiger partial charge < -0.3 is 0 Å². The minimum Gasteiger partial charge on any atom is -0.222 e. The summed E-state index contributed by atoms with van der Waals surface area (Å²) in [6.07, 6.45) is 0. The minimum atomic E-state index is -4.94. The Morgan fingerprint density at radius 3 is 1.93 bits per heavy atom. The fraction of sp³-hybridized carbons (Fsp3) is 0.118. The van der Waals surface area contributed by atoms with Gasteiger partial charge in [-0.15, -0.1) is 24.4 Å². The Kier molecular flexibility index (Phi) is 5.22. The number of aromatic nitrogens is 5. The molecule has 0 atom stereocenters. The van der Waals surface area contributed by atoms with Gasteiger partial charge in [-0.1, -0.05) is 41.5 Å². The largest absolute Gasteiger partial charge is 0.359 e. The number of hydrogen-bond donors (Lipinski definition) is 0. The van der Waals surface area contributed by atoms with Gasteiger partial charge in [0.2, 0.25) is 0 Å². The Balaban J connectivity index is 0.000000376. The van der Waals surface area contributed by atoms with Gasteiger partial charge in [-0.3, -0.25) is 0 Å². The number of nitrogens with zero attached hydrogens (tertiary/aromatic N) is 5. The molecule has 0 saturated carbocycles. The minimum absolute atomic E-state index is 0.820. The molecule has 0 amide bonds.